The number of aromatic nitrogens is 1. The number of carbonyl (C=O) groups excluding carboxylic acids is 1. The highest BCUT2D eigenvalue weighted by Gasteiger charge is 2.13. The highest BCUT2D eigenvalue weighted by atomic mass is 32.1. The second-order valence-electron chi connectivity index (χ2n) is 4.61. The van der Waals surface area contributed by atoms with Gasteiger partial charge in [-0.05, 0) is 44.0 Å². The molecule has 100 valence electrons. The molecule has 0 aliphatic heterocycles. The number of thiazole rings is 1. The molecule has 1 heterocycles. The Labute approximate surface area is 116 Å². The van der Waals surface area contributed by atoms with Gasteiger partial charge in [-0.1, -0.05) is 6.07 Å². The molecule has 1 aromatic carbocycles. The molecule has 19 heavy (non-hydrogen) atoms. The summed E-state index contributed by atoms with van der Waals surface area (Å²) < 4.78 is 0. The van der Waals surface area contributed by atoms with E-state index in [4.69, 9.17) is 5.73 Å². The molecule has 0 fully saturated rings. The number of anilines is 1. The maximum absolute atomic E-state index is 12.0. The number of hydrogen-bond acceptors (Lipinski definition) is 4. The van der Waals surface area contributed by atoms with Crippen LogP contribution in [0.5, 0.6) is 0 Å². The van der Waals surface area contributed by atoms with Crippen LogP contribution < -0.4 is 11.1 Å². The van der Waals surface area contributed by atoms with E-state index in [1.165, 1.54) is 16.9 Å². The molecule has 3 N–H and O–H groups in total. The van der Waals surface area contributed by atoms with Crippen LogP contribution in [0.25, 0.3) is 0 Å². The zero-order chi connectivity index (χ0) is 14.0. The Morgan fingerprint density at radius 1 is 1.37 bits per heavy atom. The maximum Gasteiger partial charge on any atom is 0.275 e. The van der Waals surface area contributed by atoms with E-state index in [0.29, 0.717) is 5.69 Å². The van der Waals surface area contributed by atoms with E-state index >= 15 is 0 Å². The maximum atomic E-state index is 12.0. The SMILES string of the molecule is Cc1ccc(NC(=O)c2csc(C(C)N)n2)cc1C. The van der Waals surface area contributed by atoms with E-state index in [2.05, 4.69) is 10.3 Å². The van der Waals surface area contributed by atoms with Gasteiger partial charge in [-0.2, -0.15) is 0 Å². The van der Waals surface area contributed by atoms with Gasteiger partial charge < -0.3 is 11.1 Å². The number of benzene rings is 1. The normalized spacial score (nSPS) is 12.2. The van der Waals surface area contributed by atoms with E-state index in [9.17, 15) is 4.79 Å². The van der Waals surface area contributed by atoms with Crippen molar-refractivity contribution in [2.75, 3.05) is 5.32 Å². The molecular weight excluding hydrogens is 258 g/mol. The number of aryl methyl sites for hydroxylation is 2. The molecule has 0 spiro atoms. The Balaban J connectivity index is 2.13. The van der Waals surface area contributed by atoms with E-state index in [1.807, 2.05) is 39.0 Å². The van der Waals surface area contributed by atoms with Crippen LogP contribution in [0.1, 0.15) is 39.6 Å². The second kappa shape index (κ2) is 5.50. The van der Waals surface area contributed by atoms with Crippen LogP contribution in [0.3, 0.4) is 0 Å². The Hall–Kier alpha value is -1.72. The lowest BCUT2D eigenvalue weighted by atomic mass is 10.1. The molecule has 0 aliphatic carbocycles. The van der Waals surface area contributed by atoms with Crippen LogP contribution in [0, 0.1) is 13.8 Å². The fourth-order valence-electron chi connectivity index (χ4n) is 1.62. The van der Waals surface area contributed by atoms with Crippen molar-refractivity contribution in [2.45, 2.75) is 26.8 Å². The van der Waals surface area contributed by atoms with E-state index in [-0.39, 0.29) is 11.9 Å². The van der Waals surface area contributed by atoms with Gasteiger partial charge in [0.1, 0.15) is 10.7 Å². The minimum absolute atomic E-state index is 0.145. The van der Waals surface area contributed by atoms with Gasteiger partial charge in [0.05, 0.1) is 6.04 Å². The average Bonchev–Trinajstić information content (AvgIpc) is 2.83. The standard InChI is InChI=1S/C14H17N3OS/c1-8-4-5-11(6-9(8)2)16-13(18)12-7-19-14(17-12)10(3)15/h4-7,10H,15H2,1-3H3,(H,16,18). The van der Waals surface area contributed by atoms with Gasteiger partial charge in [-0.15, -0.1) is 11.3 Å². The molecule has 1 aromatic heterocycles. The molecule has 0 saturated heterocycles. The predicted octanol–water partition coefficient (Wildman–Crippen LogP) is 3.03. The van der Waals surface area contributed by atoms with Crippen LogP contribution in [-0.2, 0) is 0 Å². The highest BCUT2D eigenvalue weighted by molar-refractivity contribution is 7.09. The molecule has 2 aromatic rings. The summed E-state index contributed by atoms with van der Waals surface area (Å²) in [6.07, 6.45) is 0. The molecule has 0 bridgehead atoms. The fraction of sp³-hybridized carbons (Fsp3) is 0.286. The molecule has 1 unspecified atom stereocenters. The van der Waals surface area contributed by atoms with Crippen molar-refractivity contribution >= 4 is 22.9 Å². The summed E-state index contributed by atoms with van der Waals surface area (Å²) in [5.74, 6) is -0.202. The minimum Gasteiger partial charge on any atom is -0.322 e. The summed E-state index contributed by atoms with van der Waals surface area (Å²) in [5, 5.41) is 5.34. The quantitative estimate of drug-likeness (QED) is 0.904. The van der Waals surface area contributed by atoms with Crippen LogP contribution in [0.2, 0.25) is 0 Å². The fourth-order valence-corrected chi connectivity index (χ4v) is 2.37. The van der Waals surface area contributed by atoms with Gasteiger partial charge in [-0.25, -0.2) is 4.98 Å². The smallest absolute Gasteiger partial charge is 0.275 e. The summed E-state index contributed by atoms with van der Waals surface area (Å²) in [5.41, 5.74) is 9.27. The van der Waals surface area contributed by atoms with Crippen LogP contribution in [0.15, 0.2) is 23.6 Å². The lowest BCUT2D eigenvalue weighted by Gasteiger charge is -2.06. The van der Waals surface area contributed by atoms with E-state index in [0.717, 1.165) is 16.3 Å². The van der Waals surface area contributed by atoms with Gasteiger partial charge >= 0.3 is 0 Å². The van der Waals surface area contributed by atoms with Crippen molar-refractivity contribution in [1.29, 1.82) is 0 Å². The largest absolute Gasteiger partial charge is 0.322 e. The third-order valence-electron chi connectivity index (χ3n) is 2.91. The summed E-state index contributed by atoms with van der Waals surface area (Å²) in [4.78, 5) is 16.3. The first-order valence-electron chi connectivity index (χ1n) is 6.07. The Kier molecular flexibility index (Phi) is 3.97. The molecule has 0 aliphatic rings. The van der Waals surface area contributed by atoms with Gasteiger partial charge in [-0.3, -0.25) is 4.79 Å². The Morgan fingerprint density at radius 2 is 2.11 bits per heavy atom. The first-order chi connectivity index (χ1) is 8.97. The number of hydrogen-bond donors (Lipinski definition) is 2. The third kappa shape index (κ3) is 3.19. The van der Waals surface area contributed by atoms with Crippen molar-refractivity contribution < 1.29 is 4.79 Å². The van der Waals surface area contributed by atoms with Gasteiger partial charge in [0.25, 0.3) is 5.91 Å². The zero-order valence-electron chi connectivity index (χ0n) is 11.2. The molecule has 1 atom stereocenters. The summed E-state index contributed by atoms with van der Waals surface area (Å²) in [6, 6.07) is 5.68. The number of carbonyl (C=O) groups is 1. The predicted molar refractivity (Wildman–Crippen MR) is 78.6 cm³/mol. The first-order valence-corrected chi connectivity index (χ1v) is 6.95. The van der Waals surface area contributed by atoms with Crippen LogP contribution in [0.4, 0.5) is 5.69 Å². The lowest BCUT2D eigenvalue weighted by Crippen LogP contribution is -2.13. The van der Waals surface area contributed by atoms with Gasteiger partial charge in [0.15, 0.2) is 0 Å². The molecule has 2 rings (SSSR count). The first kappa shape index (κ1) is 13.7. The molecule has 4 nitrogen and oxygen atoms in total. The average molecular weight is 275 g/mol. The highest BCUT2D eigenvalue weighted by Crippen LogP contribution is 2.18. The number of nitrogens with one attached hydrogen (secondary N) is 1. The molecular formula is C14H17N3OS. The number of nitrogens with two attached hydrogens (primary N) is 1. The topological polar surface area (TPSA) is 68.0 Å². The van der Waals surface area contributed by atoms with Crippen molar-refractivity contribution in [2.24, 2.45) is 5.73 Å². The Morgan fingerprint density at radius 3 is 2.68 bits per heavy atom. The minimum atomic E-state index is -0.202. The zero-order valence-corrected chi connectivity index (χ0v) is 12.0. The number of nitrogens with zero attached hydrogens (tertiary/aromatic N) is 1. The van der Waals surface area contributed by atoms with Crippen molar-refractivity contribution in [3.8, 4) is 0 Å². The monoisotopic (exact) mass is 275 g/mol. The second-order valence-corrected chi connectivity index (χ2v) is 5.50. The lowest BCUT2D eigenvalue weighted by molar-refractivity contribution is 0.102. The van der Waals surface area contributed by atoms with Crippen molar-refractivity contribution in [1.82, 2.24) is 4.98 Å². The molecule has 1 amide bonds. The van der Waals surface area contributed by atoms with Crippen LogP contribution >= 0.6 is 11.3 Å². The number of rotatable bonds is 3. The third-order valence-corrected chi connectivity index (χ3v) is 3.95. The molecule has 0 radical (unpaired) electrons. The van der Waals surface area contributed by atoms with Gasteiger partial charge in [0, 0.05) is 11.1 Å². The number of amides is 1. The summed E-state index contributed by atoms with van der Waals surface area (Å²) in [6.45, 7) is 5.90. The molecule has 5 heteroatoms. The van der Waals surface area contributed by atoms with E-state index < -0.39 is 0 Å². The summed E-state index contributed by atoms with van der Waals surface area (Å²) in [7, 11) is 0. The van der Waals surface area contributed by atoms with E-state index in [1.54, 1.807) is 5.38 Å². The Bertz CT molecular complexity index is 604. The van der Waals surface area contributed by atoms with Crippen molar-refractivity contribution in [3.05, 3.63) is 45.4 Å². The summed E-state index contributed by atoms with van der Waals surface area (Å²) >= 11 is 1.41. The molecule has 0 saturated carbocycles. The van der Waals surface area contributed by atoms with Gasteiger partial charge in [0.2, 0.25) is 0 Å². The van der Waals surface area contributed by atoms with Crippen molar-refractivity contribution in [3.63, 3.8) is 0 Å². The van der Waals surface area contributed by atoms with Crippen LogP contribution in [-0.4, -0.2) is 10.9 Å².